The predicted molar refractivity (Wildman–Crippen MR) is 121 cm³/mol. The molecule has 5 aromatic rings. The molecular formula is C24H18N6O3. The van der Waals surface area contributed by atoms with Crippen molar-refractivity contribution in [1.82, 2.24) is 29.3 Å². The van der Waals surface area contributed by atoms with Crippen LogP contribution >= 0.6 is 0 Å². The third-order valence-corrected chi connectivity index (χ3v) is 5.08. The molecule has 4 aromatic heterocycles. The van der Waals surface area contributed by atoms with Crippen LogP contribution in [-0.2, 0) is 13.6 Å². The van der Waals surface area contributed by atoms with Gasteiger partial charge in [0.05, 0.1) is 35.7 Å². The second-order valence-electron chi connectivity index (χ2n) is 7.40. The fraction of sp³-hybridized carbons (Fsp3) is 0.0833. The van der Waals surface area contributed by atoms with Crippen LogP contribution in [-0.4, -0.2) is 35.1 Å². The molecule has 0 amide bonds. The molecule has 0 fully saturated rings. The van der Waals surface area contributed by atoms with Gasteiger partial charge >= 0.3 is 0 Å². The summed E-state index contributed by atoms with van der Waals surface area (Å²) in [7, 11) is 1.84. The van der Waals surface area contributed by atoms with Crippen LogP contribution in [0.25, 0.3) is 22.2 Å². The van der Waals surface area contributed by atoms with E-state index in [-0.39, 0.29) is 17.9 Å². The number of hydrogen-bond acceptors (Lipinski definition) is 7. The molecule has 0 aliphatic rings. The van der Waals surface area contributed by atoms with Gasteiger partial charge in [0.15, 0.2) is 5.78 Å². The number of aryl methyl sites for hydroxylation is 1. The van der Waals surface area contributed by atoms with Crippen molar-refractivity contribution in [2.24, 2.45) is 7.05 Å². The van der Waals surface area contributed by atoms with Crippen LogP contribution in [0.4, 0.5) is 0 Å². The molecule has 0 saturated carbocycles. The Kier molecular flexibility index (Phi) is 5.19. The van der Waals surface area contributed by atoms with Gasteiger partial charge in [-0.3, -0.25) is 28.8 Å². The van der Waals surface area contributed by atoms with E-state index in [9.17, 15) is 9.59 Å². The summed E-state index contributed by atoms with van der Waals surface area (Å²) in [5.74, 6) is 0.844. The van der Waals surface area contributed by atoms with Crippen LogP contribution < -0.4 is 10.3 Å². The molecule has 33 heavy (non-hydrogen) atoms. The molecule has 4 heterocycles. The van der Waals surface area contributed by atoms with Crippen molar-refractivity contribution in [2.45, 2.75) is 6.54 Å². The van der Waals surface area contributed by atoms with Crippen LogP contribution in [0, 0.1) is 0 Å². The number of pyridine rings is 2. The molecule has 0 aliphatic carbocycles. The fourth-order valence-corrected chi connectivity index (χ4v) is 3.42. The molecule has 9 nitrogen and oxygen atoms in total. The number of nitrogens with zero attached hydrogens (tertiary/aromatic N) is 6. The second kappa shape index (κ2) is 8.46. The highest BCUT2D eigenvalue weighted by atomic mass is 16.5. The average Bonchev–Trinajstić information content (AvgIpc) is 3.28. The maximum absolute atomic E-state index is 13.0. The number of ether oxygens (including phenoxy) is 1. The highest BCUT2D eigenvalue weighted by molar-refractivity contribution is 5.95. The number of carbonyl (C=O) groups excluding carboxylic acids is 1. The molecule has 1 aromatic carbocycles. The zero-order chi connectivity index (χ0) is 22.8. The van der Waals surface area contributed by atoms with Crippen LogP contribution in [0.3, 0.4) is 0 Å². The van der Waals surface area contributed by atoms with Gasteiger partial charge in [-0.25, -0.2) is 4.98 Å². The first kappa shape index (κ1) is 20.3. The minimum Gasteiger partial charge on any atom is -0.457 e. The highest BCUT2D eigenvalue weighted by Gasteiger charge is 2.12. The molecule has 0 unspecified atom stereocenters. The Hall–Kier alpha value is -4.66. The number of carbonyl (C=O) groups is 1. The molecule has 5 rings (SSSR count). The maximum atomic E-state index is 13.0. The third-order valence-electron chi connectivity index (χ3n) is 5.08. The lowest BCUT2D eigenvalue weighted by atomic mass is 10.2. The minimum atomic E-state index is -0.321. The lowest BCUT2D eigenvalue weighted by Gasteiger charge is -2.09. The summed E-state index contributed by atoms with van der Waals surface area (Å²) in [6, 6.07) is 11.8. The van der Waals surface area contributed by atoms with E-state index in [0.717, 1.165) is 11.3 Å². The Balaban J connectivity index is 1.43. The molecule has 9 heteroatoms. The van der Waals surface area contributed by atoms with Crippen molar-refractivity contribution < 1.29 is 9.53 Å². The molecule has 0 saturated heterocycles. The minimum absolute atomic E-state index is 0.115. The summed E-state index contributed by atoms with van der Waals surface area (Å²) < 4.78 is 8.98. The normalized spacial score (nSPS) is 10.9. The van der Waals surface area contributed by atoms with Crippen molar-refractivity contribution in [3.05, 3.63) is 95.7 Å². The Labute approximate surface area is 188 Å². The maximum Gasteiger partial charge on any atom is 0.261 e. The number of hydrogen-bond donors (Lipinski definition) is 0. The van der Waals surface area contributed by atoms with E-state index in [0.29, 0.717) is 28.0 Å². The average molecular weight is 438 g/mol. The van der Waals surface area contributed by atoms with E-state index in [1.807, 2.05) is 13.2 Å². The van der Waals surface area contributed by atoms with Crippen LogP contribution in [0.2, 0.25) is 0 Å². The van der Waals surface area contributed by atoms with Crippen molar-refractivity contribution in [3.8, 4) is 22.8 Å². The summed E-state index contributed by atoms with van der Waals surface area (Å²) in [6.45, 7) is -0.115. The predicted octanol–water partition coefficient (Wildman–Crippen LogP) is 3.26. The molecule has 0 radical (unpaired) electrons. The first-order valence-electron chi connectivity index (χ1n) is 10.1. The Morgan fingerprint density at radius 3 is 2.61 bits per heavy atom. The molecule has 0 bridgehead atoms. The Morgan fingerprint density at radius 1 is 1.00 bits per heavy atom. The zero-order valence-corrected chi connectivity index (χ0v) is 17.6. The summed E-state index contributed by atoms with van der Waals surface area (Å²) in [5, 5.41) is 4.52. The first-order valence-corrected chi connectivity index (χ1v) is 10.1. The summed E-state index contributed by atoms with van der Waals surface area (Å²) >= 11 is 0. The van der Waals surface area contributed by atoms with Gasteiger partial charge in [-0.2, -0.15) is 5.10 Å². The largest absolute Gasteiger partial charge is 0.457 e. The molecule has 0 aliphatic heterocycles. The quantitative estimate of drug-likeness (QED) is 0.375. The topological polar surface area (TPSA) is 105 Å². The Morgan fingerprint density at radius 2 is 1.82 bits per heavy atom. The van der Waals surface area contributed by atoms with Crippen LogP contribution in [0.5, 0.6) is 11.5 Å². The van der Waals surface area contributed by atoms with E-state index >= 15 is 0 Å². The van der Waals surface area contributed by atoms with Crippen LogP contribution in [0.1, 0.15) is 10.4 Å². The van der Waals surface area contributed by atoms with Gasteiger partial charge in [0, 0.05) is 49.0 Å². The lowest BCUT2D eigenvalue weighted by molar-refractivity contribution is 0.0970. The zero-order valence-electron chi connectivity index (χ0n) is 17.6. The Bertz CT molecular complexity index is 1520. The molecule has 0 atom stereocenters. The van der Waals surface area contributed by atoms with E-state index in [4.69, 9.17) is 4.74 Å². The number of fused-ring (bicyclic) bond motifs is 1. The van der Waals surface area contributed by atoms with E-state index in [1.165, 1.54) is 23.3 Å². The number of ketones is 1. The smallest absolute Gasteiger partial charge is 0.261 e. The van der Waals surface area contributed by atoms with Crippen molar-refractivity contribution >= 4 is 16.7 Å². The molecular weight excluding hydrogens is 420 g/mol. The lowest BCUT2D eigenvalue weighted by Crippen LogP contribution is -2.24. The van der Waals surface area contributed by atoms with Crippen LogP contribution in [0.15, 0.2) is 84.6 Å². The summed E-state index contributed by atoms with van der Waals surface area (Å²) in [6.07, 6.45) is 9.70. The van der Waals surface area contributed by atoms with Gasteiger partial charge in [0.1, 0.15) is 11.5 Å². The van der Waals surface area contributed by atoms with E-state index in [1.54, 1.807) is 59.5 Å². The standard InChI is InChI=1S/C24H18N6O3/c1-29-13-17(12-28-29)22-11-19(6-9-26-22)33-18-2-3-21-20(10-18)24(32)30(15-27-21)14-23(31)16-4-7-25-8-5-16/h2-13,15H,14H2,1H3. The van der Waals surface area contributed by atoms with E-state index < -0.39 is 0 Å². The van der Waals surface area contributed by atoms with Gasteiger partial charge in [-0.15, -0.1) is 0 Å². The SMILES string of the molecule is Cn1cc(-c2cc(Oc3ccc4ncn(CC(=O)c5ccncc5)c(=O)c4c3)ccn2)cn1. The fourth-order valence-electron chi connectivity index (χ4n) is 3.42. The highest BCUT2D eigenvalue weighted by Crippen LogP contribution is 2.26. The van der Waals surface area contributed by atoms with Crippen molar-refractivity contribution in [1.29, 1.82) is 0 Å². The number of aromatic nitrogens is 6. The van der Waals surface area contributed by atoms with Gasteiger partial charge in [-0.05, 0) is 36.4 Å². The van der Waals surface area contributed by atoms with Gasteiger partial charge in [0.25, 0.3) is 5.56 Å². The molecule has 162 valence electrons. The first-order chi connectivity index (χ1) is 16.1. The van der Waals surface area contributed by atoms with Gasteiger partial charge < -0.3 is 4.74 Å². The van der Waals surface area contributed by atoms with Gasteiger partial charge in [0.2, 0.25) is 0 Å². The summed E-state index contributed by atoms with van der Waals surface area (Å²) in [4.78, 5) is 38.1. The molecule has 0 N–H and O–H groups in total. The number of rotatable bonds is 6. The third kappa shape index (κ3) is 4.24. The van der Waals surface area contributed by atoms with Crippen molar-refractivity contribution in [2.75, 3.05) is 0 Å². The van der Waals surface area contributed by atoms with Gasteiger partial charge in [-0.1, -0.05) is 0 Å². The van der Waals surface area contributed by atoms with E-state index in [2.05, 4.69) is 20.1 Å². The number of benzene rings is 1. The summed E-state index contributed by atoms with van der Waals surface area (Å²) in [5.41, 5.74) is 2.27. The number of Topliss-reactive ketones (excluding diaryl/α,β-unsaturated/α-hetero) is 1. The van der Waals surface area contributed by atoms with Crippen molar-refractivity contribution in [3.63, 3.8) is 0 Å². The second-order valence-corrected chi connectivity index (χ2v) is 7.40. The monoisotopic (exact) mass is 438 g/mol. The molecule has 0 spiro atoms.